The van der Waals surface area contributed by atoms with Gasteiger partial charge < -0.3 is 15.6 Å². The lowest BCUT2D eigenvalue weighted by atomic mass is 9.85. The van der Waals surface area contributed by atoms with Crippen LogP contribution in [0.4, 0.5) is 5.00 Å². The number of aryl methyl sites for hydroxylation is 1. The van der Waals surface area contributed by atoms with E-state index in [1.165, 1.54) is 11.3 Å². The van der Waals surface area contributed by atoms with Crippen LogP contribution in [0.2, 0.25) is 10.0 Å². The minimum atomic E-state index is -0.542. The molecule has 2 amide bonds. The first-order valence-electron chi connectivity index (χ1n) is 9.98. The first-order chi connectivity index (χ1) is 14.8. The molecule has 1 unspecified atom stereocenters. The molecular formula is C22H21Cl2N3O3S. The average Bonchev–Trinajstić information content (AvgIpc) is 3.27. The molecule has 1 atom stereocenters. The number of halogens is 2. The number of amides is 2. The van der Waals surface area contributed by atoms with Crippen molar-refractivity contribution in [3.8, 4) is 11.3 Å². The number of rotatable bonds is 5. The van der Waals surface area contributed by atoms with Crippen LogP contribution in [0.5, 0.6) is 0 Å². The van der Waals surface area contributed by atoms with Gasteiger partial charge in [0.05, 0.1) is 15.6 Å². The van der Waals surface area contributed by atoms with Crippen LogP contribution in [0.1, 0.15) is 56.7 Å². The predicted octanol–water partition coefficient (Wildman–Crippen LogP) is 5.88. The first kappa shape index (κ1) is 21.9. The van der Waals surface area contributed by atoms with E-state index in [1.807, 2.05) is 0 Å². The number of carbonyl (C=O) groups is 2. The number of hydrogen-bond acceptors (Lipinski definition) is 5. The molecule has 1 aromatic carbocycles. The van der Waals surface area contributed by atoms with Gasteiger partial charge in [0.15, 0.2) is 0 Å². The van der Waals surface area contributed by atoms with Gasteiger partial charge in [0.2, 0.25) is 0 Å². The number of nitrogens with zero attached hydrogens (tertiary/aromatic N) is 1. The van der Waals surface area contributed by atoms with Crippen molar-refractivity contribution in [1.29, 1.82) is 0 Å². The lowest BCUT2D eigenvalue weighted by Crippen LogP contribution is -2.20. The van der Waals surface area contributed by atoms with Crippen LogP contribution in [-0.4, -0.2) is 17.0 Å². The van der Waals surface area contributed by atoms with Gasteiger partial charge in [-0.3, -0.25) is 9.59 Å². The molecular weight excluding hydrogens is 457 g/mol. The summed E-state index contributed by atoms with van der Waals surface area (Å²) >= 11 is 14.0. The molecule has 0 aliphatic heterocycles. The van der Waals surface area contributed by atoms with Gasteiger partial charge in [-0.1, -0.05) is 47.8 Å². The third-order valence-corrected chi connectivity index (χ3v) is 7.51. The Kier molecular flexibility index (Phi) is 6.10. The van der Waals surface area contributed by atoms with Gasteiger partial charge in [0, 0.05) is 10.4 Å². The molecule has 3 aromatic rings. The van der Waals surface area contributed by atoms with E-state index in [2.05, 4.69) is 17.4 Å². The molecule has 0 radical (unpaired) electrons. The molecule has 3 N–H and O–H groups in total. The first-order valence-corrected chi connectivity index (χ1v) is 11.5. The van der Waals surface area contributed by atoms with E-state index < -0.39 is 11.8 Å². The number of anilines is 1. The fourth-order valence-electron chi connectivity index (χ4n) is 4.05. The quantitative estimate of drug-likeness (QED) is 0.478. The number of carbonyl (C=O) groups excluding carboxylic acids is 2. The van der Waals surface area contributed by atoms with Crippen molar-refractivity contribution in [3.05, 3.63) is 55.6 Å². The minimum absolute atomic E-state index is 0.211. The van der Waals surface area contributed by atoms with Gasteiger partial charge >= 0.3 is 0 Å². The van der Waals surface area contributed by atoms with Crippen molar-refractivity contribution in [2.75, 3.05) is 5.32 Å². The Labute approximate surface area is 193 Å². The zero-order valence-electron chi connectivity index (χ0n) is 17.1. The van der Waals surface area contributed by atoms with Crippen LogP contribution < -0.4 is 11.1 Å². The number of primary amides is 1. The molecule has 1 aliphatic carbocycles. The predicted molar refractivity (Wildman–Crippen MR) is 123 cm³/mol. The number of thiophene rings is 1. The third-order valence-electron chi connectivity index (χ3n) is 5.71. The van der Waals surface area contributed by atoms with Gasteiger partial charge in [0.1, 0.15) is 22.0 Å². The highest BCUT2D eigenvalue weighted by atomic mass is 35.5. The minimum Gasteiger partial charge on any atom is -0.365 e. The number of nitrogens with two attached hydrogens (primary N) is 1. The Morgan fingerprint density at radius 1 is 1.29 bits per heavy atom. The summed E-state index contributed by atoms with van der Waals surface area (Å²) in [6.45, 7) is 3.80. The van der Waals surface area contributed by atoms with Crippen molar-refractivity contribution in [2.45, 2.75) is 39.5 Å². The van der Waals surface area contributed by atoms with E-state index in [4.69, 9.17) is 33.5 Å². The zero-order valence-corrected chi connectivity index (χ0v) is 19.4. The van der Waals surface area contributed by atoms with Crippen LogP contribution in [0.25, 0.3) is 11.3 Å². The van der Waals surface area contributed by atoms with Crippen molar-refractivity contribution in [3.63, 3.8) is 0 Å². The number of benzene rings is 1. The smallest absolute Gasteiger partial charge is 0.262 e. The number of nitrogens with one attached hydrogen (secondary N) is 1. The normalized spacial score (nSPS) is 15.5. The summed E-state index contributed by atoms with van der Waals surface area (Å²) in [5, 5.41) is 8.05. The Morgan fingerprint density at radius 3 is 2.65 bits per heavy atom. The van der Waals surface area contributed by atoms with Crippen LogP contribution in [-0.2, 0) is 12.8 Å². The van der Waals surface area contributed by atoms with E-state index in [1.54, 1.807) is 25.1 Å². The highest BCUT2D eigenvalue weighted by Gasteiger charge is 2.30. The summed E-state index contributed by atoms with van der Waals surface area (Å²) in [6, 6.07) is 5.04. The molecule has 2 heterocycles. The Hall–Kier alpha value is -2.35. The fourth-order valence-corrected chi connectivity index (χ4v) is 5.99. The number of aromatic nitrogens is 1. The second-order valence-corrected chi connectivity index (χ2v) is 9.52. The summed E-state index contributed by atoms with van der Waals surface area (Å²) in [5.41, 5.74) is 7.91. The van der Waals surface area contributed by atoms with Gasteiger partial charge in [0.25, 0.3) is 11.8 Å². The maximum atomic E-state index is 13.3. The maximum Gasteiger partial charge on any atom is 0.262 e. The van der Waals surface area contributed by atoms with Crippen LogP contribution in [0.15, 0.2) is 22.7 Å². The molecule has 9 heteroatoms. The number of fused-ring (bicyclic) bond motifs is 1. The topological polar surface area (TPSA) is 98.2 Å². The van der Waals surface area contributed by atoms with Crippen LogP contribution in [0.3, 0.4) is 0 Å². The monoisotopic (exact) mass is 477 g/mol. The lowest BCUT2D eigenvalue weighted by Gasteiger charge is -2.20. The Morgan fingerprint density at radius 2 is 2.00 bits per heavy atom. The molecule has 0 fully saturated rings. The molecule has 0 saturated heterocycles. The molecule has 0 saturated carbocycles. The number of hydrogen-bond donors (Lipinski definition) is 2. The third kappa shape index (κ3) is 3.97. The fraction of sp³-hybridized carbons (Fsp3) is 0.318. The molecule has 162 valence electrons. The standard InChI is InChI=1S/C22H21Cl2N3O3S/c1-3-11-7-8-12-15(9-11)31-22(17(12)20(25)28)26-21(29)16-10(2)30-27-19(16)18-13(23)5-4-6-14(18)24/h4-6,11H,3,7-9H2,1-2H3,(H2,25,28)(H,26,29). The van der Waals surface area contributed by atoms with E-state index in [9.17, 15) is 9.59 Å². The summed E-state index contributed by atoms with van der Waals surface area (Å²) in [7, 11) is 0. The summed E-state index contributed by atoms with van der Waals surface area (Å²) in [4.78, 5) is 26.6. The average molecular weight is 478 g/mol. The van der Waals surface area contributed by atoms with Crippen molar-refractivity contribution < 1.29 is 14.1 Å². The van der Waals surface area contributed by atoms with Crippen molar-refractivity contribution in [1.82, 2.24) is 5.16 Å². The zero-order chi connectivity index (χ0) is 22.3. The van der Waals surface area contributed by atoms with Gasteiger partial charge in [-0.2, -0.15) is 0 Å². The molecule has 2 aromatic heterocycles. The Balaban J connectivity index is 1.73. The van der Waals surface area contributed by atoms with E-state index >= 15 is 0 Å². The summed E-state index contributed by atoms with van der Waals surface area (Å²) in [6.07, 6.45) is 3.76. The SMILES string of the molecule is CCC1CCc2c(sc(NC(=O)c3c(-c4c(Cl)cccc4Cl)noc3C)c2C(N)=O)C1. The Bertz CT molecular complexity index is 1160. The molecule has 0 bridgehead atoms. The molecule has 1 aliphatic rings. The van der Waals surface area contributed by atoms with Crippen molar-refractivity contribution >= 4 is 51.4 Å². The van der Waals surface area contributed by atoms with Gasteiger partial charge in [-0.15, -0.1) is 11.3 Å². The highest BCUT2D eigenvalue weighted by Crippen LogP contribution is 2.41. The van der Waals surface area contributed by atoms with E-state index in [0.717, 1.165) is 36.1 Å². The highest BCUT2D eigenvalue weighted by molar-refractivity contribution is 7.17. The van der Waals surface area contributed by atoms with E-state index in [-0.39, 0.29) is 11.3 Å². The second kappa shape index (κ2) is 8.65. The van der Waals surface area contributed by atoms with Crippen molar-refractivity contribution in [2.24, 2.45) is 11.7 Å². The largest absolute Gasteiger partial charge is 0.365 e. The second-order valence-electron chi connectivity index (χ2n) is 7.60. The molecule has 31 heavy (non-hydrogen) atoms. The van der Waals surface area contributed by atoms with Gasteiger partial charge in [-0.05, 0) is 49.8 Å². The van der Waals surface area contributed by atoms with Crippen LogP contribution in [0, 0.1) is 12.8 Å². The molecule has 0 spiro atoms. The maximum absolute atomic E-state index is 13.3. The molecule has 6 nitrogen and oxygen atoms in total. The van der Waals surface area contributed by atoms with Crippen LogP contribution >= 0.6 is 34.5 Å². The molecule has 4 rings (SSSR count). The van der Waals surface area contributed by atoms with E-state index in [0.29, 0.717) is 37.9 Å². The lowest BCUT2D eigenvalue weighted by molar-refractivity contribution is 0.1000. The summed E-state index contributed by atoms with van der Waals surface area (Å²) in [5.74, 6) is -0.113. The summed E-state index contributed by atoms with van der Waals surface area (Å²) < 4.78 is 5.29. The van der Waals surface area contributed by atoms with Gasteiger partial charge in [-0.25, -0.2) is 0 Å².